The Morgan fingerprint density at radius 3 is 2.60 bits per heavy atom. The van der Waals surface area contributed by atoms with Crippen molar-refractivity contribution >= 4 is 0 Å². The highest BCUT2D eigenvalue weighted by molar-refractivity contribution is 4.72. The van der Waals surface area contributed by atoms with E-state index in [1.165, 1.54) is 25.9 Å². The lowest BCUT2D eigenvalue weighted by molar-refractivity contribution is 0.199. The maximum Gasteiger partial charge on any atom is 0.0471 e. The molecule has 0 aliphatic carbocycles. The summed E-state index contributed by atoms with van der Waals surface area (Å²) in [5.74, 6) is 1.29. The number of hydrogen-bond acceptors (Lipinski definition) is 3. The summed E-state index contributed by atoms with van der Waals surface area (Å²) < 4.78 is 0. The van der Waals surface area contributed by atoms with E-state index in [9.17, 15) is 0 Å². The maximum atomic E-state index is 9.05. The zero-order valence-electron chi connectivity index (χ0n) is 10.2. The monoisotopic (exact) mass is 214 g/mol. The molecule has 0 spiro atoms. The van der Waals surface area contributed by atoms with Crippen molar-refractivity contribution in [2.75, 3.05) is 39.8 Å². The maximum absolute atomic E-state index is 9.05. The minimum Gasteiger partial charge on any atom is -0.396 e. The van der Waals surface area contributed by atoms with E-state index in [-0.39, 0.29) is 0 Å². The lowest BCUT2D eigenvalue weighted by Gasteiger charge is -2.29. The topological polar surface area (TPSA) is 35.5 Å². The highest BCUT2D eigenvalue weighted by Gasteiger charge is 2.16. The fourth-order valence-electron chi connectivity index (χ4n) is 2.10. The standard InChI is InChI=1S/C12H26N2O/c1-3-11(10-15)8-13-9-12-4-6-14(2)7-5-12/h11-13,15H,3-10H2,1-2H3. The summed E-state index contributed by atoms with van der Waals surface area (Å²) in [6.07, 6.45) is 3.70. The molecule has 1 unspecified atom stereocenters. The highest BCUT2D eigenvalue weighted by Crippen LogP contribution is 2.14. The van der Waals surface area contributed by atoms with Gasteiger partial charge >= 0.3 is 0 Å². The number of piperidine rings is 1. The molecule has 3 nitrogen and oxygen atoms in total. The summed E-state index contributed by atoms with van der Waals surface area (Å²) >= 11 is 0. The van der Waals surface area contributed by atoms with E-state index in [0.717, 1.165) is 25.4 Å². The van der Waals surface area contributed by atoms with Gasteiger partial charge in [0, 0.05) is 13.2 Å². The SMILES string of the molecule is CCC(CO)CNCC1CCN(C)CC1. The molecular weight excluding hydrogens is 188 g/mol. The van der Waals surface area contributed by atoms with E-state index < -0.39 is 0 Å². The Kier molecular flexibility index (Phi) is 6.22. The third-order valence-corrected chi connectivity index (χ3v) is 3.54. The Hall–Kier alpha value is -0.120. The van der Waals surface area contributed by atoms with Crippen molar-refractivity contribution in [3.8, 4) is 0 Å². The number of hydrogen-bond donors (Lipinski definition) is 2. The number of nitrogens with zero attached hydrogens (tertiary/aromatic N) is 1. The van der Waals surface area contributed by atoms with Crippen LogP contribution in [0.15, 0.2) is 0 Å². The molecule has 0 aromatic heterocycles. The van der Waals surface area contributed by atoms with Crippen molar-refractivity contribution in [2.24, 2.45) is 11.8 Å². The number of aliphatic hydroxyl groups is 1. The Labute approximate surface area is 93.9 Å². The van der Waals surface area contributed by atoms with E-state index in [1.54, 1.807) is 0 Å². The molecule has 1 heterocycles. The van der Waals surface area contributed by atoms with Crippen LogP contribution in [0.25, 0.3) is 0 Å². The minimum atomic E-state index is 0.316. The molecule has 0 radical (unpaired) electrons. The van der Waals surface area contributed by atoms with Crippen LogP contribution >= 0.6 is 0 Å². The van der Waals surface area contributed by atoms with Crippen molar-refractivity contribution in [3.63, 3.8) is 0 Å². The predicted molar refractivity (Wildman–Crippen MR) is 64.0 cm³/mol. The fourth-order valence-corrected chi connectivity index (χ4v) is 2.10. The summed E-state index contributed by atoms with van der Waals surface area (Å²) in [6, 6.07) is 0. The minimum absolute atomic E-state index is 0.316. The average molecular weight is 214 g/mol. The third-order valence-electron chi connectivity index (χ3n) is 3.54. The van der Waals surface area contributed by atoms with Crippen molar-refractivity contribution < 1.29 is 5.11 Å². The number of nitrogens with one attached hydrogen (secondary N) is 1. The first-order valence-corrected chi connectivity index (χ1v) is 6.26. The zero-order chi connectivity index (χ0) is 11.1. The van der Waals surface area contributed by atoms with Gasteiger partial charge in [-0.3, -0.25) is 0 Å². The summed E-state index contributed by atoms with van der Waals surface area (Å²) in [6.45, 7) is 7.03. The normalized spacial score (nSPS) is 21.8. The molecule has 1 atom stereocenters. The van der Waals surface area contributed by atoms with Crippen LogP contribution in [-0.2, 0) is 0 Å². The summed E-state index contributed by atoms with van der Waals surface area (Å²) in [7, 11) is 2.20. The van der Waals surface area contributed by atoms with Gasteiger partial charge in [-0.1, -0.05) is 6.92 Å². The highest BCUT2D eigenvalue weighted by atomic mass is 16.3. The van der Waals surface area contributed by atoms with Gasteiger partial charge in [-0.2, -0.15) is 0 Å². The van der Waals surface area contributed by atoms with Gasteiger partial charge in [-0.05, 0) is 57.8 Å². The second kappa shape index (κ2) is 7.20. The Bertz CT molecular complexity index is 152. The lowest BCUT2D eigenvalue weighted by Crippen LogP contribution is -2.36. The number of rotatable bonds is 6. The molecule has 3 heteroatoms. The molecule has 1 fully saturated rings. The smallest absolute Gasteiger partial charge is 0.0471 e. The molecule has 0 bridgehead atoms. The molecule has 1 saturated heterocycles. The second-order valence-corrected chi connectivity index (χ2v) is 4.86. The van der Waals surface area contributed by atoms with E-state index >= 15 is 0 Å². The third kappa shape index (κ3) is 4.96. The van der Waals surface area contributed by atoms with Gasteiger partial charge in [-0.25, -0.2) is 0 Å². The molecule has 1 aliphatic rings. The molecule has 0 saturated carbocycles. The molecule has 1 aliphatic heterocycles. The van der Waals surface area contributed by atoms with Crippen LogP contribution in [0.2, 0.25) is 0 Å². The van der Waals surface area contributed by atoms with Gasteiger partial charge in [-0.15, -0.1) is 0 Å². The van der Waals surface area contributed by atoms with Crippen LogP contribution in [0.1, 0.15) is 26.2 Å². The van der Waals surface area contributed by atoms with E-state index in [0.29, 0.717) is 12.5 Å². The van der Waals surface area contributed by atoms with Gasteiger partial charge in [0.1, 0.15) is 0 Å². The van der Waals surface area contributed by atoms with Crippen LogP contribution in [0.3, 0.4) is 0 Å². The largest absolute Gasteiger partial charge is 0.396 e. The molecule has 90 valence electrons. The Morgan fingerprint density at radius 1 is 1.40 bits per heavy atom. The summed E-state index contributed by atoms with van der Waals surface area (Å²) in [4.78, 5) is 2.40. The Balaban J connectivity index is 2.04. The van der Waals surface area contributed by atoms with Crippen LogP contribution in [0, 0.1) is 11.8 Å². The molecular formula is C12H26N2O. The van der Waals surface area contributed by atoms with Crippen molar-refractivity contribution in [1.29, 1.82) is 0 Å². The molecule has 15 heavy (non-hydrogen) atoms. The Morgan fingerprint density at radius 2 is 2.07 bits per heavy atom. The van der Waals surface area contributed by atoms with Gasteiger partial charge < -0.3 is 15.3 Å². The number of aliphatic hydroxyl groups excluding tert-OH is 1. The van der Waals surface area contributed by atoms with Crippen LogP contribution in [-0.4, -0.2) is 49.8 Å². The van der Waals surface area contributed by atoms with Gasteiger partial charge in [0.05, 0.1) is 0 Å². The van der Waals surface area contributed by atoms with Gasteiger partial charge in [0.15, 0.2) is 0 Å². The van der Waals surface area contributed by atoms with Crippen molar-refractivity contribution in [2.45, 2.75) is 26.2 Å². The van der Waals surface area contributed by atoms with Crippen LogP contribution < -0.4 is 5.32 Å². The summed E-state index contributed by atoms with van der Waals surface area (Å²) in [5.41, 5.74) is 0. The molecule has 0 amide bonds. The van der Waals surface area contributed by atoms with E-state index in [4.69, 9.17) is 5.11 Å². The number of likely N-dealkylation sites (tertiary alicyclic amines) is 1. The molecule has 2 N–H and O–H groups in total. The molecule has 0 aromatic carbocycles. The van der Waals surface area contributed by atoms with E-state index in [2.05, 4.69) is 24.2 Å². The zero-order valence-corrected chi connectivity index (χ0v) is 10.2. The first-order valence-electron chi connectivity index (χ1n) is 6.26. The first-order chi connectivity index (χ1) is 7.26. The van der Waals surface area contributed by atoms with Crippen LogP contribution in [0.4, 0.5) is 0 Å². The summed E-state index contributed by atoms with van der Waals surface area (Å²) in [5, 5.41) is 12.5. The lowest BCUT2D eigenvalue weighted by atomic mass is 9.97. The van der Waals surface area contributed by atoms with Crippen LogP contribution in [0.5, 0.6) is 0 Å². The second-order valence-electron chi connectivity index (χ2n) is 4.86. The van der Waals surface area contributed by atoms with E-state index in [1.807, 2.05) is 0 Å². The first kappa shape index (κ1) is 12.9. The molecule has 1 rings (SSSR count). The predicted octanol–water partition coefficient (Wildman–Crippen LogP) is 0.936. The van der Waals surface area contributed by atoms with Crippen molar-refractivity contribution in [1.82, 2.24) is 10.2 Å². The quantitative estimate of drug-likeness (QED) is 0.690. The average Bonchev–Trinajstić information content (AvgIpc) is 2.27. The van der Waals surface area contributed by atoms with Crippen molar-refractivity contribution in [3.05, 3.63) is 0 Å². The van der Waals surface area contributed by atoms with Gasteiger partial charge in [0.2, 0.25) is 0 Å². The fraction of sp³-hybridized carbons (Fsp3) is 1.00. The van der Waals surface area contributed by atoms with Gasteiger partial charge in [0.25, 0.3) is 0 Å². The molecule has 0 aromatic rings.